The van der Waals surface area contributed by atoms with E-state index in [1.165, 1.54) is 0 Å². The van der Waals surface area contributed by atoms with Gasteiger partial charge in [-0.2, -0.15) is 0 Å². The summed E-state index contributed by atoms with van der Waals surface area (Å²) in [6.07, 6.45) is -2.53. The zero-order valence-corrected chi connectivity index (χ0v) is 6.87. The molecule has 0 aromatic heterocycles. The van der Waals surface area contributed by atoms with Crippen molar-refractivity contribution in [2.45, 2.75) is 12.5 Å². The van der Waals surface area contributed by atoms with Crippen LogP contribution in [0.5, 0.6) is 0 Å². The highest BCUT2D eigenvalue weighted by molar-refractivity contribution is 5.79. The second kappa shape index (κ2) is 5.89. The molecule has 1 atom stereocenters. The third kappa shape index (κ3) is 5.91. The van der Waals surface area contributed by atoms with Gasteiger partial charge in [0, 0.05) is 0 Å². The molecule has 14 heavy (non-hydrogen) atoms. The van der Waals surface area contributed by atoms with Gasteiger partial charge < -0.3 is 15.3 Å². The van der Waals surface area contributed by atoms with Crippen molar-refractivity contribution in [2.24, 2.45) is 0 Å². The van der Waals surface area contributed by atoms with Crippen LogP contribution in [-0.4, -0.2) is 45.9 Å². The fourth-order valence-electron chi connectivity index (χ4n) is 0.488. The highest BCUT2D eigenvalue weighted by Gasteiger charge is 2.23. The van der Waals surface area contributed by atoms with E-state index in [0.717, 1.165) is 0 Å². The second-order valence-corrected chi connectivity index (χ2v) is 2.18. The van der Waals surface area contributed by atoms with E-state index in [0.29, 0.717) is 0 Å². The first kappa shape index (κ1) is 12.3. The zero-order chi connectivity index (χ0) is 11.1. The van der Waals surface area contributed by atoms with Crippen molar-refractivity contribution in [3.8, 4) is 0 Å². The van der Waals surface area contributed by atoms with E-state index in [1.54, 1.807) is 0 Å². The van der Waals surface area contributed by atoms with Gasteiger partial charge in [-0.3, -0.25) is 4.79 Å². The predicted molar refractivity (Wildman–Crippen MR) is 38.3 cm³/mol. The molecule has 3 N–H and O–H groups in total. The monoisotopic (exact) mass is 208 g/mol. The number of carboxylic acid groups (broad SMARTS) is 3. The Bertz CT molecular complexity index is 234. The minimum atomic E-state index is -1.72. The Kier molecular flexibility index (Phi) is 5.19. The Morgan fingerprint density at radius 1 is 1.07 bits per heavy atom. The number of hydrogen-bond acceptors (Lipinski definition) is 5. The SMILES string of the molecule is O=C(O)COOC(CC(=O)O)C(=O)O. The normalized spacial score (nSPS) is 12.0. The van der Waals surface area contributed by atoms with Gasteiger partial charge in [0.2, 0.25) is 0 Å². The molecule has 80 valence electrons. The Balaban J connectivity index is 3.91. The first-order valence-electron chi connectivity index (χ1n) is 3.38. The van der Waals surface area contributed by atoms with Crippen molar-refractivity contribution in [1.82, 2.24) is 0 Å². The van der Waals surface area contributed by atoms with E-state index in [-0.39, 0.29) is 0 Å². The van der Waals surface area contributed by atoms with Crippen molar-refractivity contribution < 1.29 is 39.5 Å². The van der Waals surface area contributed by atoms with E-state index >= 15 is 0 Å². The highest BCUT2D eigenvalue weighted by Crippen LogP contribution is 1.99. The Morgan fingerprint density at radius 2 is 1.64 bits per heavy atom. The van der Waals surface area contributed by atoms with Crippen LogP contribution < -0.4 is 0 Å². The maximum Gasteiger partial charge on any atom is 0.336 e. The molecule has 0 aliphatic rings. The quantitative estimate of drug-likeness (QED) is 0.356. The summed E-state index contributed by atoms with van der Waals surface area (Å²) in [6, 6.07) is 0. The molecule has 0 heterocycles. The lowest BCUT2D eigenvalue weighted by molar-refractivity contribution is -0.316. The van der Waals surface area contributed by atoms with Crippen LogP contribution >= 0.6 is 0 Å². The van der Waals surface area contributed by atoms with Crippen LogP contribution in [0.3, 0.4) is 0 Å². The summed E-state index contributed by atoms with van der Waals surface area (Å²) >= 11 is 0. The van der Waals surface area contributed by atoms with Gasteiger partial charge in [0.15, 0.2) is 12.7 Å². The molecule has 1 unspecified atom stereocenters. The van der Waals surface area contributed by atoms with Crippen LogP contribution in [0.1, 0.15) is 6.42 Å². The lowest BCUT2D eigenvalue weighted by Crippen LogP contribution is -2.28. The van der Waals surface area contributed by atoms with E-state index < -0.39 is 37.0 Å². The average molecular weight is 208 g/mol. The molecule has 0 radical (unpaired) electrons. The largest absolute Gasteiger partial charge is 0.481 e. The van der Waals surface area contributed by atoms with Gasteiger partial charge in [-0.05, 0) is 0 Å². The van der Waals surface area contributed by atoms with Gasteiger partial charge in [0.05, 0.1) is 6.42 Å². The van der Waals surface area contributed by atoms with Crippen molar-refractivity contribution in [3.05, 3.63) is 0 Å². The fraction of sp³-hybridized carbons (Fsp3) is 0.500. The molecule has 0 aromatic carbocycles. The van der Waals surface area contributed by atoms with E-state index in [9.17, 15) is 14.4 Å². The van der Waals surface area contributed by atoms with E-state index in [4.69, 9.17) is 15.3 Å². The molecule has 0 saturated heterocycles. The molecule has 0 fully saturated rings. The van der Waals surface area contributed by atoms with Gasteiger partial charge in [0.25, 0.3) is 0 Å². The lowest BCUT2D eigenvalue weighted by Gasteiger charge is -2.08. The third-order valence-corrected chi connectivity index (χ3v) is 1.00. The second-order valence-electron chi connectivity index (χ2n) is 2.18. The van der Waals surface area contributed by atoms with Crippen LogP contribution in [0.15, 0.2) is 0 Å². The molecule has 0 aliphatic carbocycles. The molecular formula is C6H8O8. The third-order valence-electron chi connectivity index (χ3n) is 1.00. The molecule has 0 spiro atoms. The number of carbonyl (C=O) groups is 3. The molecule has 0 aliphatic heterocycles. The minimum Gasteiger partial charge on any atom is -0.481 e. The van der Waals surface area contributed by atoms with Gasteiger partial charge in [0.1, 0.15) is 0 Å². The topological polar surface area (TPSA) is 130 Å². The summed E-state index contributed by atoms with van der Waals surface area (Å²) in [5, 5.41) is 24.7. The Hall–Kier alpha value is -1.67. The number of rotatable bonds is 7. The molecule has 0 amide bonds. The molecule has 0 aromatic rings. The summed E-state index contributed by atoms with van der Waals surface area (Å²) in [6.45, 7) is -0.858. The molecule has 8 nitrogen and oxygen atoms in total. The van der Waals surface area contributed by atoms with Crippen LogP contribution in [0.2, 0.25) is 0 Å². The lowest BCUT2D eigenvalue weighted by atomic mass is 10.3. The van der Waals surface area contributed by atoms with Crippen LogP contribution in [0, 0.1) is 0 Å². The van der Waals surface area contributed by atoms with E-state index in [2.05, 4.69) is 9.78 Å². The minimum absolute atomic E-state index is 0.811. The first-order valence-corrected chi connectivity index (χ1v) is 3.38. The van der Waals surface area contributed by atoms with Gasteiger partial charge in [-0.25, -0.2) is 19.4 Å². The summed E-state index contributed by atoms with van der Waals surface area (Å²) < 4.78 is 0. The predicted octanol–water partition coefficient (Wildman–Crippen LogP) is -1.05. The highest BCUT2D eigenvalue weighted by atomic mass is 17.2. The standard InChI is InChI=1S/C6H8O8/c7-4(8)1-3(6(11)12)14-13-2-5(9)10/h3H,1-2H2,(H,7,8)(H,9,10)(H,11,12). The summed E-state index contributed by atoms with van der Waals surface area (Å²) in [5.41, 5.74) is 0. The van der Waals surface area contributed by atoms with Gasteiger partial charge in [-0.15, -0.1) is 0 Å². The first-order chi connectivity index (χ1) is 6.43. The van der Waals surface area contributed by atoms with Crippen molar-refractivity contribution in [3.63, 3.8) is 0 Å². The van der Waals surface area contributed by atoms with Crippen molar-refractivity contribution >= 4 is 17.9 Å². The van der Waals surface area contributed by atoms with Gasteiger partial charge in [-0.1, -0.05) is 0 Å². The summed E-state index contributed by atoms with van der Waals surface area (Å²) in [4.78, 5) is 38.3. The molecule has 0 rings (SSSR count). The zero-order valence-electron chi connectivity index (χ0n) is 6.87. The molecular weight excluding hydrogens is 200 g/mol. The Morgan fingerprint density at radius 3 is 2.00 bits per heavy atom. The number of aliphatic carboxylic acids is 3. The van der Waals surface area contributed by atoms with Crippen LogP contribution in [-0.2, 0) is 24.2 Å². The van der Waals surface area contributed by atoms with Gasteiger partial charge >= 0.3 is 17.9 Å². The fourth-order valence-corrected chi connectivity index (χ4v) is 0.488. The number of hydrogen-bond donors (Lipinski definition) is 3. The van der Waals surface area contributed by atoms with Crippen molar-refractivity contribution in [2.75, 3.05) is 6.61 Å². The van der Waals surface area contributed by atoms with Crippen molar-refractivity contribution in [1.29, 1.82) is 0 Å². The average Bonchev–Trinajstić information content (AvgIpc) is 2.00. The maximum atomic E-state index is 10.3. The summed E-state index contributed by atoms with van der Waals surface area (Å²) in [7, 11) is 0. The number of carboxylic acids is 3. The van der Waals surface area contributed by atoms with Crippen LogP contribution in [0.25, 0.3) is 0 Å². The molecule has 8 heteroatoms. The molecule has 0 saturated carbocycles. The maximum absolute atomic E-state index is 10.3. The van der Waals surface area contributed by atoms with E-state index in [1.807, 2.05) is 0 Å². The summed E-state index contributed by atoms with van der Waals surface area (Å²) in [5.74, 6) is -4.29. The Labute approximate surface area is 77.6 Å². The smallest absolute Gasteiger partial charge is 0.336 e. The van der Waals surface area contributed by atoms with Crippen LogP contribution in [0.4, 0.5) is 0 Å². The molecule has 0 bridgehead atoms.